The van der Waals surface area contributed by atoms with E-state index >= 15 is 0 Å². The lowest BCUT2D eigenvalue weighted by molar-refractivity contribution is 0.683. The Morgan fingerprint density at radius 2 is 1.05 bits per heavy atom. The summed E-state index contributed by atoms with van der Waals surface area (Å²) in [4.78, 5) is 0. The maximum Gasteiger partial charge on any atom is 0.0269 e. The van der Waals surface area contributed by atoms with Crippen molar-refractivity contribution in [3.05, 3.63) is 60.8 Å². The molecule has 124 valence electrons. The van der Waals surface area contributed by atoms with Gasteiger partial charge < -0.3 is 0 Å². The zero-order chi connectivity index (χ0) is 16.3. The molecule has 0 fully saturated rings. The molecule has 22 heavy (non-hydrogen) atoms. The first-order chi connectivity index (χ1) is 10.8. The van der Waals surface area contributed by atoms with Crippen molar-refractivity contribution >= 4 is 10.8 Å². The molecule has 0 saturated heterocycles. The number of rotatable bonds is 13. The highest BCUT2D eigenvalue weighted by Crippen LogP contribution is 1.96. The normalized spacial score (nSPS) is 14.5. The Morgan fingerprint density at radius 1 is 0.636 bits per heavy atom. The van der Waals surface area contributed by atoms with E-state index in [0.29, 0.717) is 0 Å². The van der Waals surface area contributed by atoms with Crippen LogP contribution in [0.4, 0.5) is 0 Å². The molecule has 0 aromatic rings. The lowest BCUT2D eigenvalue weighted by atomic mass is 10.2. The highest BCUT2D eigenvalue weighted by molar-refractivity contribution is 7.84. The fourth-order valence-corrected chi connectivity index (χ4v) is 2.40. The molecular formula is C20H32OS. The van der Waals surface area contributed by atoms with E-state index in [1.54, 1.807) is 0 Å². The van der Waals surface area contributed by atoms with Crippen LogP contribution in [-0.4, -0.2) is 15.7 Å². The zero-order valence-electron chi connectivity index (χ0n) is 14.2. The smallest absolute Gasteiger partial charge is 0.0269 e. The quantitative estimate of drug-likeness (QED) is 0.386. The van der Waals surface area contributed by atoms with E-state index in [4.69, 9.17) is 0 Å². The minimum Gasteiger partial charge on any atom is -0.260 e. The van der Waals surface area contributed by atoms with E-state index in [9.17, 15) is 4.21 Å². The third-order valence-corrected chi connectivity index (χ3v) is 4.33. The molecule has 0 heterocycles. The van der Waals surface area contributed by atoms with Gasteiger partial charge in [0.05, 0.1) is 0 Å². The number of hydrogen-bond acceptors (Lipinski definition) is 1. The largest absolute Gasteiger partial charge is 0.260 e. The van der Waals surface area contributed by atoms with Gasteiger partial charge in [-0.1, -0.05) is 74.6 Å². The van der Waals surface area contributed by atoms with Crippen molar-refractivity contribution < 1.29 is 4.21 Å². The van der Waals surface area contributed by atoms with Crippen molar-refractivity contribution in [3.63, 3.8) is 0 Å². The van der Waals surface area contributed by atoms with Gasteiger partial charge in [-0.2, -0.15) is 0 Å². The summed E-state index contributed by atoms with van der Waals surface area (Å²) in [5.74, 6) is 1.56. The average molecular weight is 321 g/mol. The van der Waals surface area contributed by atoms with Gasteiger partial charge in [0.15, 0.2) is 0 Å². The molecule has 0 amide bonds. The second-order valence-corrected chi connectivity index (χ2v) is 6.79. The van der Waals surface area contributed by atoms with Crippen LogP contribution in [0.1, 0.15) is 52.4 Å². The lowest BCUT2D eigenvalue weighted by Crippen LogP contribution is -1.97. The summed E-state index contributed by atoms with van der Waals surface area (Å²) >= 11 is 0. The summed E-state index contributed by atoms with van der Waals surface area (Å²) < 4.78 is 11.2. The Kier molecular flexibility index (Phi) is 17.0. The van der Waals surface area contributed by atoms with Gasteiger partial charge in [0.2, 0.25) is 0 Å². The summed E-state index contributed by atoms with van der Waals surface area (Å²) in [5, 5.41) is 0. The first-order valence-electron chi connectivity index (χ1n) is 8.41. The van der Waals surface area contributed by atoms with Crippen LogP contribution < -0.4 is 0 Å². The topological polar surface area (TPSA) is 17.1 Å². The summed E-state index contributed by atoms with van der Waals surface area (Å²) in [6.45, 7) is 4.12. The van der Waals surface area contributed by atoms with Gasteiger partial charge in [-0.15, -0.1) is 0 Å². The third-order valence-electron chi connectivity index (χ3n) is 2.99. The van der Waals surface area contributed by atoms with Crippen LogP contribution in [0.3, 0.4) is 0 Å². The minimum absolute atomic E-state index is 0.632. The molecule has 0 radical (unpaired) electrons. The maximum absolute atomic E-state index is 11.2. The van der Waals surface area contributed by atoms with E-state index in [0.717, 1.165) is 50.0 Å². The predicted octanol–water partition coefficient (Wildman–Crippen LogP) is 5.90. The molecule has 0 rings (SSSR count). The second kappa shape index (κ2) is 17.9. The van der Waals surface area contributed by atoms with Crippen LogP contribution in [0.15, 0.2) is 60.8 Å². The molecule has 1 nitrogen and oxygen atoms in total. The first kappa shape index (κ1) is 20.9. The van der Waals surface area contributed by atoms with Crippen molar-refractivity contribution in [1.82, 2.24) is 0 Å². The Bertz CT molecular complexity index is 400. The molecule has 0 aromatic heterocycles. The molecule has 1 atom stereocenters. The highest BCUT2D eigenvalue weighted by atomic mass is 32.2. The Hall–Kier alpha value is -1.15. The third kappa shape index (κ3) is 16.9. The Labute approximate surface area is 140 Å². The van der Waals surface area contributed by atoms with Crippen molar-refractivity contribution in [2.24, 2.45) is 0 Å². The minimum atomic E-state index is -0.632. The Morgan fingerprint density at radius 3 is 1.45 bits per heavy atom. The van der Waals surface area contributed by atoms with Gasteiger partial charge in [0.1, 0.15) is 0 Å². The van der Waals surface area contributed by atoms with E-state index in [2.05, 4.69) is 67.7 Å². The van der Waals surface area contributed by atoms with Crippen LogP contribution in [0, 0.1) is 0 Å². The average Bonchev–Trinajstić information content (AvgIpc) is 2.54. The van der Waals surface area contributed by atoms with Crippen LogP contribution in [0.5, 0.6) is 0 Å². The van der Waals surface area contributed by atoms with Crippen LogP contribution >= 0.6 is 0 Å². The van der Waals surface area contributed by atoms with E-state index < -0.39 is 10.8 Å². The van der Waals surface area contributed by atoms with Crippen LogP contribution in [0.2, 0.25) is 0 Å². The molecular weight excluding hydrogens is 288 g/mol. The molecule has 0 aromatic carbocycles. The number of hydrogen-bond donors (Lipinski definition) is 0. The monoisotopic (exact) mass is 320 g/mol. The van der Waals surface area contributed by atoms with E-state index in [1.165, 1.54) is 0 Å². The van der Waals surface area contributed by atoms with Crippen molar-refractivity contribution in [3.8, 4) is 0 Å². The van der Waals surface area contributed by atoms with Gasteiger partial charge >= 0.3 is 0 Å². The zero-order valence-corrected chi connectivity index (χ0v) is 15.1. The standard InChI is InChI=1S/C20H32OS/c1-3-5-6-7-8-9-10-11-12-13-14-15-16-17-18-19-20-22(21)4-2/h5-6,8-9,11-12,14-15,17-18H,3-4,7,10,13,16,19-20H2,1-2H3/b6-5-,9-8-,12-11-,15-14-,18-17-. The van der Waals surface area contributed by atoms with Crippen molar-refractivity contribution in [1.29, 1.82) is 0 Å². The lowest BCUT2D eigenvalue weighted by Gasteiger charge is -1.92. The van der Waals surface area contributed by atoms with Gasteiger partial charge in [-0.05, 0) is 38.5 Å². The SMILES string of the molecule is CC/C=C\C/C=C\C/C=C\C/C=C\C/C=C\CCS(=O)CC. The van der Waals surface area contributed by atoms with Gasteiger partial charge in [-0.25, -0.2) is 0 Å². The summed E-state index contributed by atoms with van der Waals surface area (Å²) in [7, 11) is -0.632. The predicted molar refractivity (Wildman–Crippen MR) is 103 cm³/mol. The van der Waals surface area contributed by atoms with Gasteiger partial charge in [-0.3, -0.25) is 4.21 Å². The van der Waals surface area contributed by atoms with E-state index in [1.807, 2.05) is 6.92 Å². The van der Waals surface area contributed by atoms with Gasteiger partial charge in [0, 0.05) is 22.3 Å². The fraction of sp³-hybridized carbons (Fsp3) is 0.500. The summed E-state index contributed by atoms with van der Waals surface area (Å²) in [6.07, 6.45) is 28.0. The molecule has 2 heteroatoms. The first-order valence-corrected chi connectivity index (χ1v) is 9.90. The van der Waals surface area contributed by atoms with Crippen molar-refractivity contribution in [2.75, 3.05) is 11.5 Å². The Balaban J connectivity index is 3.50. The summed E-state index contributed by atoms with van der Waals surface area (Å²) in [5.41, 5.74) is 0. The second-order valence-electron chi connectivity index (χ2n) is 4.93. The van der Waals surface area contributed by atoms with Crippen LogP contribution in [-0.2, 0) is 10.8 Å². The van der Waals surface area contributed by atoms with Gasteiger partial charge in [0.25, 0.3) is 0 Å². The molecule has 0 aliphatic carbocycles. The molecule has 0 N–H and O–H groups in total. The molecule has 0 aliphatic rings. The molecule has 0 aliphatic heterocycles. The summed E-state index contributed by atoms with van der Waals surface area (Å²) in [6, 6.07) is 0. The fourth-order valence-electron chi connectivity index (χ4n) is 1.71. The van der Waals surface area contributed by atoms with Crippen LogP contribution in [0.25, 0.3) is 0 Å². The molecule has 1 unspecified atom stereocenters. The van der Waals surface area contributed by atoms with E-state index in [-0.39, 0.29) is 0 Å². The maximum atomic E-state index is 11.2. The highest BCUT2D eigenvalue weighted by Gasteiger charge is 1.90. The molecule has 0 saturated carbocycles. The van der Waals surface area contributed by atoms with Crippen molar-refractivity contribution in [2.45, 2.75) is 52.4 Å². The number of allylic oxidation sites excluding steroid dienone is 10. The molecule has 0 bridgehead atoms. The molecule has 0 spiro atoms.